The topological polar surface area (TPSA) is 70.1 Å². The van der Waals surface area contributed by atoms with E-state index in [1.165, 1.54) is 20.5 Å². The molecule has 29 heavy (non-hydrogen) atoms. The zero-order chi connectivity index (χ0) is 20.6. The van der Waals surface area contributed by atoms with Crippen LogP contribution in [0.4, 0.5) is 5.69 Å². The van der Waals surface area contributed by atoms with Gasteiger partial charge in [0.25, 0.3) is 0 Å². The molecular formula is C21H23ClN2O5. The average Bonchev–Trinajstić information content (AvgIpc) is 2.77. The molecule has 0 amide bonds. The van der Waals surface area contributed by atoms with E-state index < -0.39 is 5.97 Å². The Labute approximate surface area is 174 Å². The third-order valence-electron chi connectivity index (χ3n) is 4.47. The van der Waals surface area contributed by atoms with Crippen molar-refractivity contribution in [3.05, 3.63) is 58.9 Å². The SMILES string of the molecule is COC=C(C(=O)OC)c1ccc(Cl)cc1COc1ccc(N2CCOCC2)cn1. The number of carbonyl (C=O) groups excluding carboxylic acids is 1. The smallest absolute Gasteiger partial charge is 0.341 e. The maximum absolute atomic E-state index is 12.1. The third-order valence-corrected chi connectivity index (χ3v) is 4.71. The number of rotatable bonds is 7. The lowest BCUT2D eigenvalue weighted by molar-refractivity contribution is -0.133. The van der Waals surface area contributed by atoms with Gasteiger partial charge in [-0.05, 0) is 29.3 Å². The van der Waals surface area contributed by atoms with Crippen LogP contribution in [0.2, 0.25) is 5.02 Å². The Morgan fingerprint density at radius 2 is 2.03 bits per heavy atom. The van der Waals surface area contributed by atoms with Crippen molar-refractivity contribution in [2.45, 2.75) is 6.61 Å². The summed E-state index contributed by atoms with van der Waals surface area (Å²) in [6.07, 6.45) is 3.12. The van der Waals surface area contributed by atoms with E-state index >= 15 is 0 Å². The number of ether oxygens (including phenoxy) is 4. The molecule has 2 heterocycles. The van der Waals surface area contributed by atoms with Crippen LogP contribution in [0.15, 0.2) is 42.8 Å². The molecule has 1 aromatic heterocycles. The van der Waals surface area contributed by atoms with Gasteiger partial charge in [-0.1, -0.05) is 17.7 Å². The van der Waals surface area contributed by atoms with Crippen molar-refractivity contribution >= 4 is 28.8 Å². The lowest BCUT2D eigenvalue weighted by Crippen LogP contribution is -2.36. The van der Waals surface area contributed by atoms with Crippen LogP contribution in [-0.2, 0) is 25.6 Å². The number of anilines is 1. The molecule has 7 nitrogen and oxygen atoms in total. The fourth-order valence-corrected chi connectivity index (χ4v) is 3.21. The van der Waals surface area contributed by atoms with Gasteiger partial charge in [0.15, 0.2) is 0 Å². The minimum atomic E-state index is -0.511. The van der Waals surface area contributed by atoms with Crippen LogP contribution in [0.3, 0.4) is 0 Å². The number of benzene rings is 1. The minimum absolute atomic E-state index is 0.178. The Bertz CT molecular complexity index is 864. The molecule has 0 radical (unpaired) electrons. The predicted octanol–water partition coefficient (Wildman–Crippen LogP) is 3.31. The summed E-state index contributed by atoms with van der Waals surface area (Å²) in [6.45, 7) is 3.30. The zero-order valence-corrected chi connectivity index (χ0v) is 17.1. The molecule has 3 rings (SSSR count). The minimum Gasteiger partial charge on any atom is -0.503 e. The molecule has 0 spiro atoms. The fraction of sp³-hybridized carbons (Fsp3) is 0.333. The summed E-state index contributed by atoms with van der Waals surface area (Å²) in [7, 11) is 2.78. The van der Waals surface area contributed by atoms with Crippen LogP contribution < -0.4 is 9.64 Å². The van der Waals surface area contributed by atoms with Crippen LogP contribution in [0.1, 0.15) is 11.1 Å². The number of methoxy groups -OCH3 is 2. The van der Waals surface area contributed by atoms with Gasteiger partial charge in [-0.25, -0.2) is 9.78 Å². The predicted molar refractivity (Wildman–Crippen MR) is 110 cm³/mol. The number of halogens is 1. The van der Waals surface area contributed by atoms with Gasteiger partial charge in [0, 0.05) is 24.2 Å². The Morgan fingerprint density at radius 3 is 2.69 bits per heavy atom. The quantitative estimate of drug-likeness (QED) is 0.388. The first kappa shape index (κ1) is 21.0. The number of nitrogens with zero attached hydrogens (tertiary/aromatic N) is 2. The molecule has 0 atom stereocenters. The normalized spacial score (nSPS) is 14.4. The van der Waals surface area contributed by atoms with Gasteiger partial charge in [-0.3, -0.25) is 0 Å². The van der Waals surface area contributed by atoms with Gasteiger partial charge in [0.05, 0.1) is 45.6 Å². The second-order valence-electron chi connectivity index (χ2n) is 6.30. The molecule has 1 aromatic carbocycles. The fourth-order valence-electron chi connectivity index (χ4n) is 3.01. The van der Waals surface area contributed by atoms with E-state index in [1.807, 2.05) is 12.1 Å². The largest absolute Gasteiger partial charge is 0.503 e. The van der Waals surface area contributed by atoms with Crippen molar-refractivity contribution in [1.82, 2.24) is 4.98 Å². The molecule has 1 fully saturated rings. The van der Waals surface area contributed by atoms with E-state index in [0.29, 0.717) is 35.2 Å². The highest BCUT2D eigenvalue weighted by molar-refractivity contribution is 6.30. The van der Waals surface area contributed by atoms with Gasteiger partial charge < -0.3 is 23.8 Å². The zero-order valence-electron chi connectivity index (χ0n) is 16.4. The highest BCUT2D eigenvalue weighted by Crippen LogP contribution is 2.26. The molecule has 0 unspecified atom stereocenters. The van der Waals surface area contributed by atoms with Crippen molar-refractivity contribution in [2.75, 3.05) is 45.4 Å². The summed E-state index contributed by atoms with van der Waals surface area (Å²) in [4.78, 5) is 18.7. The highest BCUT2D eigenvalue weighted by atomic mass is 35.5. The highest BCUT2D eigenvalue weighted by Gasteiger charge is 2.18. The van der Waals surface area contributed by atoms with Crippen LogP contribution in [0.5, 0.6) is 5.88 Å². The van der Waals surface area contributed by atoms with Gasteiger partial charge in [-0.2, -0.15) is 0 Å². The van der Waals surface area contributed by atoms with E-state index in [9.17, 15) is 4.79 Å². The second-order valence-corrected chi connectivity index (χ2v) is 6.74. The number of aromatic nitrogens is 1. The second kappa shape index (κ2) is 10.1. The Kier molecular flexibility index (Phi) is 7.32. The van der Waals surface area contributed by atoms with Crippen molar-refractivity contribution < 1.29 is 23.7 Å². The maximum Gasteiger partial charge on any atom is 0.341 e. The van der Waals surface area contributed by atoms with E-state index in [2.05, 4.69) is 9.88 Å². The van der Waals surface area contributed by atoms with Gasteiger partial charge in [0.1, 0.15) is 12.2 Å². The van der Waals surface area contributed by atoms with Crippen molar-refractivity contribution in [1.29, 1.82) is 0 Å². The van der Waals surface area contributed by atoms with Gasteiger partial charge in [-0.15, -0.1) is 0 Å². The first-order chi connectivity index (χ1) is 14.1. The molecule has 1 aliphatic heterocycles. The average molecular weight is 419 g/mol. The van der Waals surface area contributed by atoms with Crippen LogP contribution in [0.25, 0.3) is 5.57 Å². The summed E-state index contributed by atoms with van der Waals surface area (Å²) < 4.78 is 21.1. The Balaban J connectivity index is 1.75. The Morgan fingerprint density at radius 1 is 1.24 bits per heavy atom. The van der Waals surface area contributed by atoms with E-state index in [0.717, 1.165) is 18.8 Å². The number of hydrogen-bond donors (Lipinski definition) is 0. The number of morpholine rings is 1. The number of hydrogen-bond acceptors (Lipinski definition) is 7. The number of esters is 1. The molecule has 0 bridgehead atoms. The molecule has 1 saturated heterocycles. The molecule has 2 aromatic rings. The van der Waals surface area contributed by atoms with Crippen LogP contribution >= 0.6 is 11.6 Å². The third kappa shape index (κ3) is 5.40. The number of pyridine rings is 1. The molecule has 154 valence electrons. The first-order valence-corrected chi connectivity index (χ1v) is 9.52. The van der Waals surface area contributed by atoms with Crippen molar-refractivity contribution in [3.8, 4) is 5.88 Å². The standard InChI is InChI=1S/C21H23ClN2O5/c1-26-14-19(21(25)27-2)18-5-3-16(22)11-15(18)13-29-20-6-4-17(12-23-20)24-7-9-28-10-8-24/h3-6,11-12,14H,7-10,13H2,1-2H3. The summed E-state index contributed by atoms with van der Waals surface area (Å²) in [5.74, 6) is -0.0355. The van der Waals surface area contributed by atoms with Crippen molar-refractivity contribution in [3.63, 3.8) is 0 Å². The summed E-state index contributed by atoms with van der Waals surface area (Å²) >= 11 is 6.15. The summed E-state index contributed by atoms with van der Waals surface area (Å²) in [6, 6.07) is 8.96. The lowest BCUT2D eigenvalue weighted by Gasteiger charge is -2.28. The molecule has 0 saturated carbocycles. The molecular weight excluding hydrogens is 396 g/mol. The lowest BCUT2D eigenvalue weighted by atomic mass is 10.0. The van der Waals surface area contributed by atoms with Crippen LogP contribution in [0, 0.1) is 0 Å². The van der Waals surface area contributed by atoms with Gasteiger partial charge >= 0.3 is 5.97 Å². The van der Waals surface area contributed by atoms with E-state index in [1.54, 1.807) is 24.4 Å². The van der Waals surface area contributed by atoms with Crippen LogP contribution in [-0.4, -0.2) is 51.5 Å². The number of carbonyl (C=O) groups is 1. The molecule has 8 heteroatoms. The maximum atomic E-state index is 12.1. The van der Waals surface area contributed by atoms with Gasteiger partial charge in [0.2, 0.25) is 5.88 Å². The van der Waals surface area contributed by atoms with E-state index in [-0.39, 0.29) is 12.2 Å². The molecule has 0 N–H and O–H groups in total. The Hall–Kier alpha value is -2.77. The summed E-state index contributed by atoms with van der Waals surface area (Å²) in [5, 5.41) is 0.532. The monoisotopic (exact) mass is 418 g/mol. The van der Waals surface area contributed by atoms with Crippen molar-refractivity contribution in [2.24, 2.45) is 0 Å². The molecule has 0 aliphatic carbocycles. The van der Waals surface area contributed by atoms with E-state index in [4.69, 9.17) is 30.5 Å². The molecule has 1 aliphatic rings. The summed E-state index contributed by atoms with van der Waals surface area (Å²) in [5.41, 5.74) is 2.64. The first-order valence-electron chi connectivity index (χ1n) is 9.14.